The smallest absolute Gasteiger partial charge is 0.323 e. The lowest BCUT2D eigenvalue weighted by molar-refractivity contribution is 0.202. The normalized spacial score (nSPS) is 18.1. The van der Waals surface area contributed by atoms with E-state index in [0.29, 0.717) is 6.61 Å². The summed E-state index contributed by atoms with van der Waals surface area (Å²) in [6, 6.07) is 0.288. The summed E-state index contributed by atoms with van der Waals surface area (Å²) in [6.45, 7) is 0.385. The monoisotopic (exact) mass is 258 g/mol. The molecule has 0 radical (unpaired) electrons. The van der Waals surface area contributed by atoms with Crippen molar-refractivity contribution in [3.05, 3.63) is 5.28 Å². The number of rotatable bonds is 4. The van der Waals surface area contributed by atoms with Gasteiger partial charge in [-0.25, -0.2) is 0 Å². The number of hydrogen-bond donors (Lipinski definition) is 1. The topological polar surface area (TPSA) is 83.2 Å². The standard InChI is InChI=1S/C10H15ClN4O2/c1-16-8-13-7(11)14-9(15-8)17-6-10(12)4-2-3-5-10/h2-6,12H2,1H3. The number of methoxy groups -OCH3 is 1. The lowest BCUT2D eigenvalue weighted by Gasteiger charge is -2.22. The minimum Gasteiger partial charge on any atom is -0.467 e. The Morgan fingerprint density at radius 2 is 1.88 bits per heavy atom. The first kappa shape index (κ1) is 12.3. The van der Waals surface area contributed by atoms with Crippen molar-refractivity contribution >= 4 is 11.6 Å². The van der Waals surface area contributed by atoms with Crippen molar-refractivity contribution < 1.29 is 9.47 Å². The molecule has 0 aromatic carbocycles. The minimum absolute atomic E-state index is 0.0457. The number of nitrogens with two attached hydrogens (primary N) is 1. The van der Waals surface area contributed by atoms with E-state index in [0.717, 1.165) is 25.7 Å². The maximum Gasteiger partial charge on any atom is 0.323 e. The highest BCUT2D eigenvalue weighted by atomic mass is 35.5. The van der Waals surface area contributed by atoms with E-state index in [1.54, 1.807) is 0 Å². The van der Waals surface area contributed by atoms with Crippen LogP contribution in [0.15, 0.2) is 0 Å². The molecule has 6 nitrogen and oxygen atoms in total. The third-order valence-corrected chi connectivity index (χ3v) is 3.01. The zero-order valence-corrected chi connectivity index (χ0v) is 10.4. The van der Waals surface area contributed by atoms with Crippen molar-refractivity contribution in [2.75, 3.05) is 13.7 Å². The summed E-state index contributed by atoms with van der Waals surface area (Å²) in [7, 11) is 1.46. The van der Waals surface area contributed by atoms with Crippen LogP contribution in [0.4, 0.5) is 0 Å². The van der Waals surface area contributed by atoms with Crippen molar-refractivity contribution in [1.29, 1.82) is 0 Å². The van der Waals surface area contributed by atoms with Gasteiger partial charge in [0.1, 0.15) is 6.61 Å². The van der Waals surface area contributed by atoms with E-state index in [9.17, 15) is 0 Å². The summed E-state index contributed by atoms with van der Waals surface area (Å²) in [5, 5.41) is 0.0457. The molecule has 2 rings (SSSR count). The molecule has 2 N–H and O–H groups in total. The highest BCUT2D eigenvalue weighted by molar-refractivity contribution is 6.28. The van der Waals surface area contributed by atoms with E-state index in [1.807, 2.05) is 0 Å². The highest BCUT2D eigenvalue weighted by Crippen LogP contribution is 2.27. The molecule has 0 saturated heterocycles. The van der Waals surface area contributed by atoms with Crippen molar-refractivity contribution in [2.24, 2.45) is 5.73 Å². The largest absolute Gasteiger partial charge is 0.467 e. The molecule has 0 atom stereocenters. The second-order valence-corrected chi connectivity index (χ2v) is 4.57. The van der Waals surface area contributed by atoms with E-state index < -0.39 is 0 Å². The highest BCUT2D eigenvalue weighted by Gasteiger charge is 2.30. The summed E-state index contributed by atoms with van der Waals surface area (Å²) < 4.78 is 10.3. The molecular formula is C10H15ClN4O2. The third kappa shape index (κ3) is 3.17. The van der Waals surface area contributed by atoms with E-state index in [-0.39, 0.29) is 22.8 Å². The van der Waals surface area contributed by atoms with Crippen LogP contribution in [0.25, 0.3) is 0 Å². The molecule has 1 fully saturated rings. The zero-order chi connectivity index (χ0) is 12.3. The van der Waals surface area contributed by atoms with Crippen molar-refractivity contribution in [3.63, 3.8) is 0 Å². The van der Waals surface area contributed by atoms with Gasteiger partial charge in [-0.3, -0.25) is 0 Å². The Hall–Kier alpha value is -1.14. The van der Waals surface area contributed by atoms with Gasteiger partial charge in [-0.2, -0.15) is 9.97 Å². The van der Waals surface area contributed by atoms with Gasteiger partial charge in [-0.05, 0) is 24.4 Å². The van der Waals surface area contributed by atoms with E-state index in [4.69, 9.17) is 26.8 Å². The first-order chi connectivity index (χ1) is 8.11. The Kier molecular flexibility index (Phi) is 3.63. The molecule has 1 aromatic heterocycles. The fraction of sp³-hybridized carbons (Fsp3) is 0.700. The maximum absolute atomic E-state index is 6.16. The van der Waals surface area contributed by atoms with Gasteiger partial charge in [0.05, 0.1) is 12.6 Å². The third-order valence-electron chi connectivity index (χ3n) is 2.84. The molecule has 0 aliphatic heterocycles. The molecule has 0 spiro atoms. The quantitative estimate of drug-likeness (QED) is 0.873. The first-order valence-electron chi connectivity index (χ1n) is 5.49. The molecule has 94 valence electrons. The van der Waals surface area contributed by atoms with Crippen LogP contribution in [0, 0.1) is 0 Å². The maximum atomic E-state index is 6.16. The predicted octanol–water partition coefficient (Wildman–Crippen LogP) is 1.18. The van der Waals surface area contributed by atoms with Gasteiger partial charge in [0.25, 0.3) is 0 Å². The van der Waals surface area contributed by atoms with Crippen LogP contribution >= 0.6 is 11.6 Å². The molecule has 1 heterocycles. The summed E-state index contributed by atoms with van der Waals surface area (Å²) in [6.07, 6.45) is 4.20. The summed E-state index contributed by atoms with van der Waals surface area (Å²) in [4.78, 5) is 11.6. The van der Waals surface area contributed by atoms with Crippen LogP contribution in [0.1, 0.15) is 25.7 Å². The van der Waals surface area contributed by atoms with E-state index in [2.05, 4.69) is 15.0 Å². The van der Waals surface area contributed by atoms with E-state index >= 15 is 0 Å². The van der Waals surface area contributed by atoms with Crippen molar-refractivity contribution in [2.45, 2.75) is 31.2 Å². The van der Waals surface area contributed by atoms with Gasteiger partial charge in [-0.1, -0.05) is 12.8 Å². The van der Waals surface area contributed by atoms with Gasteiger partial charge in [0.15, 0.2) is 0 Å². The molecule has 7 heteroatoms. The van der Waals surface area contributed by atoms with Crippen LogP contribution in [-0.4, -0.2) is 34.2 Å². The lowest BCUT2D eigenvalue weighted by atomic mass is 10.0. The number of nitrogens with zero attached hydrogens (tertiary/aromatic N) is 3. The average Bonchev–Trinajstić information content (AvgIpc) is 2.73. The summed E-state index contributed by atoms with van der Waals surface area (Å²) >= 11 is 5.71. The lowest BCUT2D eigenvalue weighted by Crippen LogP contribution is -2.42. The number of hydrogen-bond acceptors (Lipinski definition) is 6. The first-order valence-corrected chi connectivity index (χ1v) is 5.86. The SMILES string of the molecule is COc1nc(Cl)nc(OCC2(N)CCCC2)n1. The zero-order valence-electron chi connectivity index (χ0n) is 9.65. The molecule has 0 bridgehead atoms. The molecule has 1 aromatic rings. The van der Waals surface area contributed by atoms with Gasteiger partial charge in [-0.15, -0.1) is 4.98 Å². The summed E-state index contributed by atoms with van der Waals surface area (Å²) in [5.74, 6) is 0. The van der Waals surface area contributed by atoms with Gasteiger partial charge < -0.3 is 15.2 Å². The minimum atomic E-state index is -0.271. The molecular weight excluding hydrogens is 244 g/mol. The van der Waals surface area contributed by atoms with E-state index in [1.165, 1.54) is 7.11 Å². The van der Waals surface area contributed by atoms with Crippen LogP contribution in [-0.2, 0) is 0 Å². The van der Waals surface area contributed by atoms with Crippen LogP contribution in [0.2, 0.25) is 5.28 Å². The number of aromatic nitrogens is 3. The fourth-order valence-electron chi connectivity index (χ4n) is 1.90. The van der Waals surface area contributed by atoms with Crippen molar-refractivity contribution in [3.8, 4) is 12.0 Å². The van der Waals surface area contributed by atoms with Crippen molar-refractivity contribution in [1.82, 2.24) is 15.0 Å². The number of halogens is 1. The Labute approximate surface area is 105 Å². The Bertz CT molecular complexity index is 396. The molecule has 1 saturated carbocycles. The van der Waals surface area contributed by atoms with Gasteiger partial charge in [0.2, 0.25) is 5.28 Å². The second kappa shape index (κ2) is 5.01. The van der Waals surface area contributed by atoms with Gasteiger partial charge in [0, 0.05) is 0 Å². The van der Waals surface area contributed by atoms with Gasteiger partial charge >= 0.3 is 12.0 Å². The molecule has 17 heavy (non-hydrogen) atoms. The van der Waals surface area contributed by atoms with Crippen LogP contribution in [0.3, 0.4) is 0 Å². The predicted molar refractivity (Wildman–Crippen MR) is 62.3 cm³/mol. The molecule has 1 aliphatic rings. The van der Waals surface area contributed by atoms with Crippen LogP contribution in [0.5, 0.6) is 12.0 Å². The molecule has 1 aliphatic carbocycles. The van der Waals surface area contributed by atoms with Crippen LogP contribution < -0.4 is 15.2 Å². The fourth-order valence-corrected chi connectivity index (χ4v) is 2.05. The Morgan fingerprint density at radius 1 is 1.24 bits per heavy atom. The Morgan fingerprint density at radius 3 is 2.53 bits per heavy atom. The number of ether oxygens (including phenoxy) is 2. The second-order valence-electron chi connectivity index (χ2n) is 4.23. The molecule has 0 amide bonds. The average molecular weight is 259 g/mol. The molecule has 0 unspecified atom stereocenters. The summed E-state index contributed by atoms with van der Waals surface area (Å²) in [5.41, 5.74) is 5.88. The Balaban J connectivity index is 2.00.